The molecule has 7 nitrogen and oxygen atoms in total. The minimum atomic E-state index is -0.591. The van der Waals surface area contributed by atoms with Crippen LogP contribution in [0.5, 0.6) is 0 Å². The third-order valence-electron chi connectivity index (χ3n) is 2.67. The second-order valence-electron chi connectivity index (χ2n) is 4.04. The molecule has 1 aliphatic rings. The van der Waals surface area contributed by atoms with Crippen LogP contribution < -0.4 is 0 Å². The first kappa shape index (κ1) is 11.7. The van der Waals surface area contributed by atoms with Gasteiger partial charge in [0.05, 0.1) is 4.92 Å². The van der Waals surface area contributed by atoms with Crippen LogP contribution in [0.25, 0.3) is 0 Å². The highest BCUT2D eigenvalue weighted by atomic mass is 16.6. The van der Waals surface area contributed by atoms with Crippen molar-refractivity contribution in [1.82, 2.24) is 9.78 Å². The van der Waals surface area contributed by atoms with E-state index in [0.717, 1.165) is 0 Å². The summed E-state index contributed by atoms with van der Waals surface area (Å²) in [5.41, 5.74) is 0.153. The van der Waals surface area contributed by atoms with Gasteiger partial charge in [0.15, 0.2) is 5.69 Å². The molecule has 1 atom stereocenters. The first-order chi connectivity index (χ1) is 8.08. The van der Waals surface area contributed by atoms with E-state index in [1.165, 1.54) is 10.9 Å². The largest absolute Gasteiger partial charge is 0.371 e. The number of hydrogen-bond acceptors (Lipinski definition) is 5. The predicted molar refractivity (Wildman–Crippen MR) is 57.4 cm³/mol. The van der Waals surface area contributed by atoms with Gasteiger partial charge in [-0.25, -0.2) is 0 Å². The van der Waals surface area contributed by atoms with E-state index in [1.807, 2.05) is 0 Å². The highest BCUT2D eigenvalue weighted by Gasteiger charge is 2.30. The quantitative estimate of drug-likeness (QED) is 0.570. The molecule has 0 spiro atoms. The Kier molecular flexibility index (Phi) is 3.19. The van der Waals surface area contributed by atoms with E-state index < -0.39 is 11.0 Å². The third-order valence-corrected chi connectivity index (χ3v) is 2.67. The number of carbonyl (C=O) groups excluding carboxylic acids is 1. The van der Waals surface area contributed by atoms with Crippen molar-refractivity contribution in [3.8, 4) is 0 Å². The van der Waals surface area contributed by atoms with Crippen molar-refractivity contribution in [2.45, 2.75) is 25.4 Å². The van der Waals surface area contributed by atoms with E-state index in [4.69, 9.17) is 4.74 Å². The lowest BCUT2D eigenvalue weighted by Crippen LogP contribution is -2.09. The summed E-state index contributed by atoms with van der Waals surface area (Å²) in [6.07, 6.45) is 2.03. The fourth-order valence-electron chi connectivity index (χ4n) is 1.90. The van der Waals surface area contributed by atoms with Crippen LogP contribution in [0.3, 0.4) is 0 Å². The molecule has 2 rings (SSSR count). The van der Waals surface area contributed by atoms with Crippen LogP contribution in [-0.2, 0) is 16.6 Å². The fraction of sp³-hybridized carbons (Fsp3) is 0.600. The Morgan fingerprint density at radius 3 is 3.12 bits per heavy atom. The maximum atomic E-state index is 11.5. The molecule has 2 heterocycles. The number of aromatic nitrogens is 2. The summed E-state index contributed by atoms with van der Waals surface area (Å²) in [6, 6.07) is 0. The normalized spacial score (nSPS) is 21.2. The van der Waals surface area contributed by atoms with Gasteiger partial charge in [0.2, 0.25) is 0 Å². The Bertz CT molecular complexity index is 454. The maximum absolute atomic E-state index is 11.5. The maximum Gasteiger partial charge on any atom is 0.312 e. The van der Waals surface area contributed by atoms with E-state index >= 15 is 0 Å². The molecule has 1 aliphatic heterocycles. The summed E-state index contributed by atoms with van der Waals surface area (Å²) in [4.78, 5) is 21.8. The lowest BCUT2D eigenvalue weighted by molar-refractivity contribution is -0.386. The topological polar surface area (TPSA) is 87.3 Å². The number of Topliss-reactive ketones (excluding diaryl/α,β-unsaturated/α-hetero) is 1. The van der Waals surface area contributed by atoms with Crippen LogP contribution in [0.15, 0.2) is 6.20 Å². The van der Waals surface area contributed by atoms with Gasteiger partial charge in [-0.3, -0.25) is 19.6 Å². The van der Waals surface area contributed by atoms with Crippen LogP contribution in [0.2, 0.25) is 0 Å². The van der Waals surface area contributed by atoms with Crippen molar-refractivity contribution >= 4 is 11.5 Å². The summed E-state index contributed by atoms with van der Waals surface area (Å²) in [7, 11) is 1.61. The lowest BCUT2D eigenvalue weighted by Gasteiger charge is -2.10. The van der Waals surface area contributed by atoms with Crippen LogP contribution >= 0.6 is 0 Å². The second-order valence-corrected chi connectivity index (χ2v) is 4.04. The Hall–Kier alpha value is -1.76. The van der Waals surface area contributed by atoms with Gasteiger partial charge < -0.3 is 4.74 Å². The minimum Gasteiger partial charge on any atom is -0.371 e. The van der Waals surface area contributed by atoms with Crippen LogP contribution in [-0.4, -0.2) is 27.1 Å². The number of ketones is 1. The Labute approximate surface area is 97.5 Å². The molecule has 0 radical (unpaired) electrons. The highest BCUT2D eigenvalue weighted by molar-refractivity contribution is 5.79. The van der Waals surface area contributed by atoms with Gasteiger partial charge in [-0.05, 0) is 6.42 Å². The molecule has 1 saturated heterocycles. The molecular weight excluding hydrogens is 226 g/mol. The van der Waals surface area contributed by atoms with E-state index in [0.29, 0.717) is 19.4 Å². The zero-order chi connectivity index (χ0) is 12.4. The SMILES string of the molecule is Cn1cc([N+](=O)[O-])c(C2CC(=O)CCCO2)n1. The molecule has 0 aromatic carbocycles. The molecule has 1 fully saturated rings. The number of rotatable bonds is 2. The van der Waals surface area contributed by atoms with Crippen molar-refractivity contribution in [3.05, 3.63) is 22.0 Å². The Balaban J connectivity index is 2.31. The third kappa shape index (κ3) is 2.50. The zero-order valence-corrected chi connectivity index (χ0v) is 9.46. The molecule has 0 saturated carbocycles. The molecule has 1 aromatic heterocycles. The van der Waals surface area contributed by atoms with Crippen LogP contribution in [0.4, 0.5) is 5.69 Å². The van der Waals surface area contributed by atoms with Gasteiger partial charge >= 0.3 is 5.69 Å². The number of nitro groups is 1. The van der Waals surface area contributed by atoms with Gasteiger partial charge in [-0.15, -0.1) is 0 Å². The molecule has 0 N–H and O–H groups in total. The molecule has 1 aromatic rings. The number of ether oxygens (including phenoxy) is 1. The number of aryl methyl sites for hydroxylation is 1. The second kappa shape index (κ2) is 4.62. The molecule has 92 valence electrons. The summed E-state index contributed by atoms with van der Waals surface area (Å²) in [6.45, 7) is 0.435. The summed E-state index contributed by atoms with van der Waals surface area (Å²) in [5, 5.41) is 14.9. The smallest absolute Gasteiger partial charge is 0.312 e. The first-order valence-electron chi connectivity index (χ1n) is 5.39. The minimum absolute atomic E-state index is 0.0625. The van der Waals surface area contributed by atoms with Crippen molar-refractivity contribution in [2.24, 2.45) is 7.05 Å². The van der Waals surface area contributed by atoms with Crippen molar-refractivity contribution < 1.29 is 14.5 Å². The Morgan fingerprint density at radius 1 is 1.65 bits per heavy atom. The number of hydrogen-bond donors (Lipinski definition) is 0. The molecule has 7 heteroatoms. The van der Waals surface area contributed by atoms with E-state index in [-0.39, 0.29) is 23.6 Å². The Morgan fingerprint density at radius 2 is 2.41 bits per heavy atom. The highest BCUT2D eigenvalue weighted by Crippen LogP contribution is 2.30. The molecular formula is C10H13N3O4. The summed E-state index contributed by atoms with van der Waals surface area (Å²) >= 11 is 0. The van der Waals surface area contributed by atoms with E-state index in [9.17, 15) is 14.9 Å². The fourth-order valence-corrected chi connectivity index (χ4v) is 1.90. The van der Waals surface area contributed by atoms with Crippen LogP contribution in [0, 0.1) is 10.1 Å². The van der Waals surface area contributed by atoms with Gasteiger partial charge in [-0.1, -0.05) is 0 Å². The van der Waals surface area contributed by atoms with Crippen molar-refractivity contribution in [1.29, 1.82) is 0 Å². The summed E-state index contributed by atoms with van der Waals surface area (Å²) < 4.78 is 6.83. The number of carbonyl (C=O) groups is 1. The van der Waals surface area contributed by atoms with Gasteiger partial charge in [0.1, 0.15) is 18.1 Å². The van der Waals surface area contributed by atoms with E-state index in [1.54, 1.807) is 7.05 Å². The molecule has 0 amide bonds. The molecule has 0 bridgehead atoms. The molecule has 0 aliphatic carbocycles. The number of nitrogens with zero attached hydrogens (tertiary/aromatic N) is 3. The summed E-state index contributed by atoms with van der Waals surface area (Å²) in [5.74, 6) is 0.0625. The average molecular weight is 239 g/mol. The molecule has 1 unspecified atom stereocenters. The zero-order valence-electron chi connectivity index (χ0n) is 9.46. The van der Waals surface area contributed by atoms with Gasteiger partial charge in [0.25, 0.3) is 0 Å². The van der Waals surface area contributed by atoms with Gasteiger partial charge in [0, 0.05) is 26.5 Å². The molecule has 17 heavy (non-hydrogen) atoms. The monoisotopic (exact) mass is 239 g/mol. The van der Waals surface area contributed by atoms with Gasteiger partial charge in [-0.2, -0.15) is 5.10 Å². The standard InChI is InChI=1S/C10H13N3O4/c1-12-6-8(13(15)16)10(11-12)9-5-7(14)3-2-4-17-9/h6,9H,2-5H2,1H3. The lowest BCUT2D eigenvalue weighted by atomic mass is 10.1. The van der Waals surface area contributed by atoms with Crippen molar-refractivity contribution in [2.75, 3.05) is 6.61 Å². The van der Waals surface area contributed by atoms with E-state index in [2.05, 4.69) is 5.10 Å². The predicted octanol–water partition coefficient (Wildman–Crippen LogP) is 1.14. The van der Waals surface area contributed by atoms with Crippen LogP contribution in [0.1, 0.15) is 31.1 Å². The first-order valence-corrected chi connectivity index (χ1v) is 5.39. The van der Waals surface area contributed by atoms with Crippen molar-refractivity contribution in [3.63, 3.8) is 0 Å². The average Bonchev–Trinajstić information content (AvgIpc) is 2.52.